The van der Waals surface area contributed by atoms with Gasteiger partial charge in [-0.25, -0.2) is 4.68 Å². The van der Waals surface area contributed by atoms with Gasteiger partial charge in [-0.15, -0.1) is 5.10 Å². The van der Waals surface area contributed by atoms with Crippen LogP contribution in [-0.4, -0.2) is 14.9 Å². The quantitative estimate of drug-likeness (QED) is 0.753. The molecule has 0 radical (unpaired) electrons. The summed E-state index contributed by atoms with van der Waals surface area (Å²) in [4.78, 5) is 0. The van der Waals surface area contributed by atoms with E-state index in [1.54, 1.807) is 0 Å². The van der Waals surface area contributed by atoms with Gasteiger partial charge in [0.1, 0.15) is 0 Å². The molecule has 2 aromatic rings. The van der Waals surface area contributed by atoms with Crippen LogP contribution >= 0.6 is 11.6 Å². The molecule has 5 heteroatoms. The lowest BCUT2D eigenvalue weighted by atomic mass is 10.3. The zero-order chi connectivity index (χ0) is 10.1. The highest BCUT2D eigenvalue weighted by Crippen LogP contribution is 2.30. The van der Waals surface area contributed by atoms with Crippen molar-refractivity contribution in [2.24, 2.45) is 0 Å². The van der Waals surface area contributed by atoms with E-state index in [0.717, 1.165) is 5.69 Å². The molecule has 4 nitrogen and oxygen atoms in total. The summed E-state index contributed by atoms with van der Waals surface area (Å²) in [7, 11) is 0. The molecule has 3 N–H and O–H groups in total. The fraction of sp³-hybridized carbons (Fsp3) is 0. The van der Waals surface area contributed by atoms with E-state index >= 15 is 0 Å². The van der Waals surface area contributed by atoms with Crippen LogP contribution in [0.2, 0.25) is 5.15 Å². The minimum atomic E-state index is -0.185. The van der Waals surface area contributed by atoms with E-state index in [4.69, 9.17) is 17.3 Å². The normalized spacial score (nSPS) is 10.4. The Morgan fingerprint density at radius 1 is 1.29 bits per heavy atom. The molecule has 72 valence electrons. The second kappa shape index (κ2) is 3.23. The fourth-order valence-electron chi connectivity index (χ4n) is 1.15. The van der Waals surface area contributed by atoms with Crippen molar-refractivity contribution in [2.75, 3.05) is 5.73 Å². The van der Waals surface area contributed by atoms with Gasteiger partial charge in [-0.1, -0.05) is 29.8 Å². The Hall–Kier alpha value is -1.68. The minimum absolute atomic E-state index is 0.0267. The van der Waals surface area contributed by atoms with Crippen molar-refractivity contribution in [2.45, 2.75) is 0 Å². The zero-order valence-electron chi connectivity index (χ0n) is 7.18. The summed E-state index contributed by atoms with van der Waals surface area (Å²) in [6, 6.07) is 9.21. The largest absolute Gasteiger partial charge is 0.502 e. The molecule has 0 atom stereocenters. The molecule has 0 bridgehead atoms. The summed E-state index contributed by atoms with van der Waals surface area (Å²) < 4.78 is 1.38. The van der Waals surface area contributed by atoms with Crippen molar-refractivity contribution in [3.05, 3.63) is 35.5 Å². The van der Waals surface area contributed by atoms with Gasteiger partial charge in [0.2, 0.25) is 0 Å². The maximum absolute atomic E-state index is 9.35. The Morgan fingerprint density at radius 2 is 1.93 bits per heavy atom. The standard InChI is InChI=1S/C9H8ClN3O/c10-8-7(14)9(11)12-13(8)6-4-2-1-3-5-6/h1-5,14H,(H2,11,12). The molecule has 1 aromatic carbocycles. The van der Waals surface area contributed by atoms with Crippen LogP contribution in [0, 0.1) is 0 Å². The van der Waals surface area contributed by atoms with Crippen molar-refractivity contribution in [1.29, 1.82) is 0 Å². The summed E-state index contributed by atoms with van der Waals surface area (Å²) in [5.74, 6) is -0.158. The monoisotopic (exact) mass is 209 g/mol. The van der Waals surface area contributed by atoms with Crippen LogP contribution in [-0.2, 0) is 0 Å². The fourth-order valence-corrected chi connectivity index (χ4v) is 1.38. The first kappa shape index (κ1) is 8.90. The van der Waals surface area contributed by atoms with Gasteiger partial charge in [0.05, 0.1) is 5.69 Å². The first-order valence-electron chi connectivity index (χ1n) is 3.98. The van der Waals surface area contributed by atoms with E-state index in [-0.39, 0.29) is 16.7 Å². The van der Waals surface area contributed by atoms with Crippen LogP contribution < -0.4 is 5.73 Å². The molecule has 0 amide bonds. The molecule has 1 aromatic heterocycles. The second-order valence-electron chi connectivity index (χ2n) is 2.77. The first-order valence-corrected chi connectivity index (χ1v) is 4.36. The number of aromatic hydroxyl groups is 1. The predicted octanol–water partition coefficient (Wildman–Crippen LogP) is 1.81. The van der Waals surface area contributed by atoms with Crippen LogP contribution in [0.5, 0.6) is 5.75 Å². The maximum Gasteiger partial charge on any atom is 0.197 e. The first-order chi connectivity index (χ1) is 6.70. The van der Waals surface area contributed by atoms with E-state index in [1.807, 2.05) is 30.3 Å². The van der Waals surface area contributed by atoms with E-state index in [2.05, 4.69) is 5.10 Å². The molecule has 0 saturated carbocycles. The average molecular weight is 210 g/mol. The van der Waals surface area contributed by atoms with Gasteiger partial charge in [-0.05, 0) is 12.1 Å². The third-order valence-electron chi connectivity index (χ3n) is 1.83. The summed E-state index contributed by atoms with van der Waals surface area (Å²) >= 11 is 5.82. The van der Waals surface area contributed by atoms with E-state index < -0.39 is 0 Å². The lowest BCUT2D eigenvalue weighted by Gasteiger charge is -2.00. The number of anilines is 1. The number of benzene rings is 1. The molecule has 0 aliphatic carbocycles. The van der Waals surface area contributed by atoms with Crippen LogP contribution in [0.15, 0.2) is 30.3 Å². The number of rotatable bonds is 1. The van der Waals surface area contributed by atoms with E-state index in [1.165, 1.54) is 4.68 Å². The molecule has 2 rings (SSSR count). The number of halogens is 1. The van der Waals surface area contributed by atoms with Crippen molar-refractivity contribution < 1.29 is 5.11 Å². The molecule has 0 spiro atoms. The van der Waals surface area contributed by atoms with Gasteiger partial charge in [-0.3, -0.25) is 0 Å². The smallest absolute Gasteiger partial charge is 0.197 e. The number of para-hydroxylation sites is 1. The molecule has 0 fully saturated rings. The van der Waals surface area contributed by atoms with Crippen LogP contribution in [0.4, 0.5) is 5.82 Å². The van der Waals surface area contributed by atoms with Gasteiger partial charge < -0.3 is 10.8 Å². The summed E-state index contributed by atoms with van der Waals surface area (Å²) in [6.07, 6.45) is 0. The molecule has 0 aliphatic rings. The number of aromatic nitrogens is 2. The maximum atomic E-state index is 9.35. The zero-order valence-corrected chi connectivity index (χ0v) is 7.94. The average Bonchev–Trinajstić information content (AvgIpc) is 2.47. The van der Waals surface area contributed by atoms with Crippen LogP contribution in [0.25, 0.3) is 5.69 Å². The van der Waals surface area contributed by atoms with Crippen molar-refractivity contribution in [1.82, 2.24) is 9.78 Å². The third-order valence-corrected chi connectivity index (χ3v) is 2.17. The number of hydrogen-bond donors (Lipinski definition) is 2. The van der Waals surface area contributed by atoms with Crippen LogP contribution in [0.1, 0.15) is 0 Å². The molecule has 1 heterocycles. The molecular formula is C9H8ClN3O. The highest BCUT2D eigenvalue weighted by molar-refractivity contribution is 6.31. The number of nitrogen functional groups attached to an aromatic ring is 1. The lowest BCUT2D eigenvalue weighted by Crippen LogP contribution is -1.96. The summed E-state index contributed by atoms with van der Waals surface area (Å²) in [5, 5.41) is 13.4. The van der Waals surface area contributed by atoms with Crippen molar-refractivity contribution in [3.63, 3.8) is 0 Å². The third kappa shape index (κ3) is 1.29. The SMILES string of the molecule is Nc1nn(-c2ccccc2)c(Cl)c1O. The van der Waals surface area contributed by atoms with Gasteiger partial charge in [0.15, 0.2) is 16.7 Å². The Morgan fingerprint density at radius 3 is 2.43 bits per heavy atom. The molecular weight excluding hydrogens is 202 g/mol. The molecule has 0 saturated heterocycles. The van der Waals surface area contributed by atoms with Crippen LogP contribution in [0.3, 0.4) is 0 Å². The highest BCUT2D eigenvalue weighted by Gasteiger charge is 2.13. The van der Waals surface area contributed by atoms with Gasteiger partial charge in [-0.2, -0.15) is 0 Å². The lowest BCUT2D eigenvalue weighted by molar-refractivity contribution is 0.478. The molecule has 0 unspecified atom stereocenters. The van der Waals surface area contributed by atoms with Gasteiger partial charge >= 0.3 is 0 Å². The van der Waals surface area contributed by atoms with Gasteiger partial charge in [0, 0.05) is 0 Å². The summed E-state index contributed by atoms with van der Waals surface area (Å²) in [6.45, 7) is 0. The predicted molar refractivity (Wildman–Crippen MR) is 54.7 cm³/mol. The second-order valence-corrected chi connectivity index (χ2v) is 3.13. The Bertz CT molecular complexity index is 453. The van der Waals surface area contributed by atoms with Gasteiger partial charge in [0.25, 0.3) is 0 Å². The molecule has 14 heavy (non-hydrogen) atoms. The Kier molecular flexibility index (Phi) is 2.05. The van der Waals surface area contributed by atoms with E-state index in [9.17, 15) is 5.11 Å². The van der Waals surface area contributed by atoms with Crippen molar-refractivity contribution >= 4 is 17.4 Å². The number of nitrogens with zero attached hydrogens (tertiary/aromatic N) is 2. The summed E-state index contributed by atoms with van der Waals surface area (Å²) in [5.41, 5.74) is 6.17. The Balaban J connectivity index is 2.58. The number of nitrogens with two attached hydrogens (primary N) is 1. The molecule has 0 aliphatic heterocycles. The minimum Gasteiger partial charge on any atom is -0.502 e. The topological polar surface area (TPSA) is 64.1 Å². The van der Waals surface area contributed by atoms with Crippen molar-refractivity contribution in [3.8, 4) is 11.4 Å². The van der Waals surface area contributed by atoms with E-state index in [0.29, 0.717) is 0 Å². The highest BCUT2D eigenvalue weighted by atomic mass is 35.5. The Labute approximate surface area is 85.5 Å². The number of hydrogen-bond acceptors (Lipinski definition) is 3.